The van der Waals surface area contributed by atoms with Crippen molar-refractivity contribution in [2.45, 2.75) is 110 Å². The van der Waals surface area contributed by atoms with E-state index in [1.54, 1.807) is 0 Å². The summed E-state index contributed by atoms with van der Waals surface area (Å²) in [7, 11) is -1.88. The molecule has 1 heterocycles. The Morgan fingerprint density at radius 2 is 1.69 bits per heavy atom. The third kappa shape index (κ3) is 9.64. The van der Waals surface area contributed by atoms with E-state index in [1.807, 2.05) is 25.7 Å². The van der Waals surface area contributed by atoms with Gasteiger partial charge in [0, 0.05) is 19.0 Å². The molecule has 0 aromatic carbocycles. The fraction of sp³-hybridized carbons (Fsp3) is 0.957. The molecule has 29 heavy (non-hydrogen) atoms. The van der Waals surface area contributed by atoms with Gasteiger partial charge in [-0.3, -0.25) is 0 Å². The summed E-state index contributed by atoms with van der Waals surface area (Å²) < 4.78 is 12.4. The summed E-state index contributed by atoms with van der Waals surface area (Å²) in [4.78, 5) is 14.5. The van der Waals surface area contributed by atoms with E-state index in [2.05, 4.69) is 52.6 Å². The SMILES string of the molecule is CCCCCCSCCC1CN(C(=O)OC(C)(C)C)CC1O[Si](C)(C)C(C)(C)C. The van der Waals surface area contributed by atoms with Gasteiger partial charge in [-0.2, -0.15) is 11.8 Å². The van der Waals surface area contributed by atoms with Gasteiger partial charge < -0.3 is 14.1 Å². The Bertz CT molecular complexity index is 499. The molecule has 0 aliphatic carbocycles. The minimum Gasteiger partial charge on any atom is -0.444 e. The third-order valence-corrected chi connectivity index (χ3v) is 11.7. The lowest BCUT2D eigenvalue weighted by Gasteiger charge is -2.39. The van der Waals surface area contributed by atoms with Crippen LogP contribution in [0.2, 0.25) is 18.1 Å². The average molecular weight is 446 g/mol. The maximum absolute atomic E-state index is 12.6. The molecule has 2 unspecified atom stereocenters. The molecule has 0 spiro atoms. The number of amides is 1. The number of rotatable bonds is 10. The number of carbonyl (C=O) groups is 1. The number of carbonyl (C=O) groups excluding carboxylic acids is 1. The molecular formula is C23H47NO3SSi. The van der Waals surface area contributed by atoms with Gasteiger partial charge in [-0.1, -0.05) is 47.0 Å². The Balaban J connectivity index is 2.68. The first-order valence-corrected chi connectivity index (χ1v) is 15.6. The second kappa shape index (κ2) is 11.4. The summed E-state index contributed by atoms with van der Waals surface area (Å²) in [5.74, 6) is 2.80. The third-order valence-electron chi connectivity index (χ3n) is 6.06. The van der Waals surface area contributed by atoms with Crippen LogP contribution in [0, 0.1) is 5.92 Å². The summed E-state index contributed by atoms with van der Waals surface area (Å²) in [6.45, 7) is 20.9. The van der Waals surface area contributed by atoms with E-state index in [0.29, 0.717) is 12.5 Å². The van der Waals surface area contributed by atoms with Crippen LogP contribution in [0.5, 0.6) is 0 Å². The standard InChI is InChI=1S/C23H47NO3SSi/c1-10-11-12-13-15-28-16-14-19-17-24(21(25)26-22(2,3)4)18-20(19)27-29(8,9)23(5,6)7/h19-20H,10-18H2,1-9H3. The zero-order valence-corrected chi connectivity index (χ0v) is 22.4. The van der Waals surface area contributed by atoms with Gasteiger partial charge in [-0.15, -0.1) is 0 Å². The first-order chi connectivity index (χ1) is 13.3. The van der Waals surface area contributed by atoms with Gasteiger partial charge in [-0.05, 0) is 63.3 Å². The van der Waals surface area contributed by atoms with Gasteiger partial charge in [-0.25, -0.2) is 4.79 Å². The van der Waals surface area contributed by atoms with Crippen LogP contribution in [0.15, 0.2) is 0 Å². The van der Waals surface area contributed by atoms with Gasteiger partial charge in [0.2, 0.25) is 0 Å². The van der Waals surface area contributed by atoms with Gasteiger partial charge in [0.25, 0.3) is 0 Å². The number of hydrogen-bond acceptors (Lipinski definition) is 4. The predicted octanol–water partition coefficient (Wildman–Crippen LogP) is 6.95. The lowest BCUT2D eigenvalue weighted by Crippen LogP contribution is -2.46. The molecule has 1 fully saturated rings. The van der Waals surface area contributed by atoms with Crippen LogP contribution in [0.25, 0.3) is 0 Å². The average Bonchev–Trinajstić information content (AvgIpc) is 2.94. The molecule has 0 radical (unpaired) electrons. The molecule has 1 amide bonds. The van der Waals surface area contributed by atoms with Crippen LogP contribution >= 0.6 is 11.8 Å². The highest BCUT2D eigenvalue weighted by Crippen LogP contribution is 2.39. The second-order valence-corrected chi connectivity index (χ2v) is 17.0. The predicted molar refractivity (Wildman–Crippen MR) is 129 cm³/mol. The molecule has 4 nitrogen and oxygen atoms in total. The second-order valence-electron chi connectivity index (χ2n) is 11.0. The van der Waals surface area contributed by atoms with Crippen LogP contribution in [0.1, 0.15) is 80.6 Å². The molecule has 1 rings (SSSR count). The lowest BCUT2D eigenvalue weighted by atomic mass is 10.0. The normalized spacial score (nSPS) is 20.9. The molecule has 0 saturated carbocycles. The molecule has 0 bridgehead atoms. The van der Waals surface area contributed by atoms with E-state index < -0.39 is 13.9 Å². The quantitative estimate of drug-likeness (QED) is 0.269. The van der Waals surface area contributed by atoms with E-state index in [9.17, 15) is 4.79 Å². The topological polar surface area (TPSA) is 38.8 Å². The monoisotopic (exact) mass is 445 g/mol. The van der Waals surface area contributed by atoms with E-state index >= 15 is 0 Å². The van der Waals surface area contributed by atoms with Crippen LogP contribution in [0.3, 0.4) is 0 Å². The molecule has 0 aromatic heterocycles. The van der Waals surface area contributed by atoms with Crippen molar-refractivity contribution in [2.75, 3.05) is 24.6 Å². The van der Waals surface area contributed by atoms with Crippen LogP contribution in [-0.4, -0.2) is 55.6 Å². The van der Waals surface area contributed by atoms with Crippen molar-refractivity contribution in [3.05, 3.63) is 0 Å². The molecule has 1 aliphatic rings. The highest BCUT2D eigenvalue weighted by Gasteiger charge is 2.44. The Labute approximate surface area is 186 Å². The summed E-state index contributed by atoms with van der Waals surface area (Å²) in [5.41, 5.74) is -0.459. The van der Waals surface area contributed by atoms with Crippen molar-refractivity contribution in [1.82, 2.24) is 4.90 Å². The summed E-state index contributed by atoms with van der Waals surface area (Å²) in [6.07, 6.45) is 6.33. The Morgan fingerprint density at radius 3 is 2.24 bits per heavy atom. The molecule has 0 N–H and O–H groups in total. The number of thioether (sulfide) groups is 1. The highest BCUT2D eigenvalue weighted by atomic mass is 32.2. The lowest BCUT2D eigenvalue weighted by molar-refractivity contribution is 0.0272. The van der Waals surface area contributed by atoms with Gasteiger partial charge >= 0.3 is 6.09 Å². The minimum absolute atomic E-state index is 0.129. The zero-order valence-electron chi connectivity index (χ0n) is 20.6. The fourth-order valence-corrected chi connectivity index (χ4v) is 5.71. The summed E-state index contributed by atoms with van der Waals surface area (Å²) in [5, 5.41) is 0.172. The van der Waals surface area contributed by atoms with Crippen LogP contribution in [-0.2, 0) is 9.16 Å². The summed E-state index contributed by atoms with van der Waals surface area (Å²) in [6, 6.07) is 0. The zero-order chi connectivity index (χ0) is 22.3. The number of hydrogen-bond donors (Lipinski definition) is 0. The van der Waals surface area contributed by atoms with Crippen molar-refractivity contribution in [3.8, 4) is 0 Å². The van der Waals surface area contributed by atoms with Crippen LogP contribution in [0.4, 0.5) is 4.79 Å². The number of likely N-dealkylation sites (tertiary alicyclic amines) is 1. The van der Waals surface area contributed by atoms with Crippen molar-refractivity contribution in [2.24, 2.45) is 5.92 Å². The van der Waals surface area contributed by atoms with E-state index in [1.165, 1.54) is 31.4 Å². The molecule has 2 atom stereocenters. The molecule has 0 aromatic rings. The first-order valence-electron chi connectivity index (χ1n) is 11.5. The van der Waals surface area contributed by atoms with Crippen molar-refractivity contribution in [3.63, 3.8) is 0 Å². The first kappa shape index (κ1) is 26.8. The Morgan fingerprint density at radius 1 is 1.03 bits per heavy atom. The number of ether oxygens (including phenoxy) is 1. The van der Waals surface area contributed by atoms with Gasteiger partial charge in [0.1, 0.15) is 5.60 Å². The molecule has 1 aliphatic heterocycles. The summed E-state index contributed by atoms with van der Waals surface area (Å²) >= 11 is 2.06. The van der Waals surface area contributed by atoms with E-state index in [-0.39, 0.29) is 17.2 Å². The molecule has 6 heteroatoms. The molecule has 1 saturated heterocycles. The van der Waals surface area contributed by atoms with E-state index in [0.717, 1.165) is 18.7 Å². The van der Waals surface area contributed by atoms with Crippen molar-refractivity contribution in [1.29, 1.82) is 0 Å². The molecular weight excluding hydrogens is 398 g/mol. The number of unbranched alkanes of at least 4 members (excludes halogenated alkanes) is 3. The smallest absolute Gasteiger partial charge is 0.410 e. The number of nitrogens with zero attached hydrogens (tertiary/aromatic N) is 1. The van der Waals surface area contributed by atoms with Crippen LogP contribution < -0.4 is 0 Å². The largest absolute Gasteiger partial charge is 0.444 e. The molecule has 172 valence electrons. The Hall–Kier alpha value is -0.203. The Kier molecular flexibility index (Phi) is 10.6. The maximum atomic E-state index is 12.6. The van der Waals surface area contributed by atoms with Gasteiger partial charge in [0.15, 0.2) is 8.32 Å². The highest BCUT2D eigenvalue weighted by molar-refractivity contribution is 7.99. The maximum Gasteiger partial charge on any atom is 0.410 e. The van der Waals surface area contributed by atoms with Crippen molar-refractivity contribution >= 4 is 26.2 Å². The van der Waals surface area contributed by atoms with Gasteiger partial charge in [0.05, 0.1) is 6.10 Å². The van der Waals surface area contributed by atoms with Crippen molar-refractivity contribution < 1.29 is 14.0 Å². The minimum atomic E-state index is -1.88. The van der Waals surface area contributed by atoms with E-state index in [4.69, 9.17) is 9.16 Å². The fourth-order valence-electron chi connectivity index (χ4n) is 3.25.